The molecule has 4 heteroatoms. The van der Waals surface area contributed by atoms with Crippen LogP contribution in [0.15, 0.2) is 42.5 Å². The molecule has 0 unspecified atom stereocenters. The fourth-order valence-corrected chi connectivity index (χ4v) is 1.77. The minimum Gasteiger partial charge on any atom is -0.384 e. The molecule has 0 spiro atoms. The summed E-state index contributed by atoms with van der Waals surface area (Å²) in [7, 11) is 0. The molecule has 0 aliphatic rings. The number of amides is 1. The molecule has 0 fully saturated rings. The number of carbonyl (C=O) groups excluding carboxylic acids is 1. The van der Waals surface area contributed by atoms with Gasteiger partial charge in [-0.3, -0.25) is 4.79 Å². The maximum Gasteiger partial charge on any atom is 0.255 e. The number of benzene rings is 2. The van der Waals surface area contributed by atoms with Gasteiger partial charge in [0.1, 0.15) is 12.4 Å². The zero-order valence-electron chi connectivity index (χ0n) is 11.5. The molecular weight excluding hydrogens is 269 g/mol. The van der Waals surface area contributed by atoms with E-state index in [0.717, 1.165) is 5.56 Å². The lowest BCUT2D eigenvalue weighted by Gasteiger charge is -2.08. The van der Waals surface area contributed by atoms with Gasteiger partial charge in [-0.05, 0) is 48.9 Å². The van der Waals surface area contributed by atoms with Crippen molar-refractivity contribution in [2.75, 3.05) is 11.9 Å². The van der Waals surface area contributed by atoms with Crippen LogP contribution in [-0.2, 0) is 0 Å². The molecule has 1 amide bonds. The Hall–Kier alpha value is -2.64. The van der Waals surface area contributed by atoms with Gasteiger partial charge in [-0.1, -0.05) is 17.9 Å². The molecule has 3 nitrogen and oxygen atoms in total. The fourth-order valence-electron chi connectivity index (χ4n) is 1.77. The molecule has 0 atom stereocenters. The number of aliphatic hydroxyl groups is 1. The highest BCUT2D eigenvalue weighted by Gasteiger charge is 2.08. The summed E-state index contributed by atoms with van der Waals surface area (Å²) in [6.45, 7) is 1.59. The minimum atomic E-state index is -0.398. The van der Waals surface area contributed by atoms with Crippen LogP contribution >= 0.6 is 0 Å². The lowest BCUT2D eigenvalue weighted by atomic mass is 10.1. The van der Waals surface area contributed by atoms with Crippen molar-refractivity contribution in [2.24, 2.45) is 0 Å². The quantitative estimate of drug-likeness (QED) is 0.833. The number of aryl methyl sites for hydroxylation is 1. The monoisotopic (exact) mass is 283 g/mol. The molecule has 0 saturated carbocycles. The van der Waals surface area contributed by atoms with Crippen LogP contribution in [0.2, 0.25) is 0 Å². The van der Waals surface area contributed by atoms with Crippen molar-refractivity contribution in [3.8, 4) is 11.8 Å². The number of rotatable bonds is 2. The highest BCUT2D eigenvalue weighted by atomic mass is 19.1. The zero-order valence-corrected chi connectivity index (χ0v) is 11.5. The molecule has 0 aliphatic carbocycles. The predicted molar refractivity (Wildman–Crippen MR) is 79.5 cm³/mol. The summed E-state index contributed by atoms with van der Waals surface area (Å²) >= 11 is 0. The smallest absolute Gasteiger partial charge is 0.255 e. The first-order valence-corrected chi connectivity index (χ1v) is 6.37. The first-order chi connectivity index (χ1) is 10.1. The van der Waals surface area contributed by atoms with Gasteiger partial charge in [0.2, 0.25) is 0 Å². The van der Waals surface area contributed by atoms with Crippen molar-refractivity contribution in [1.82, 2.24) is 0 Å². The highest BCUT2D eigenvalue weighted by Crippen LogP contribution is 2.17. The first kappa shape index (κ1) is 14.8. The molecule has 0 saturated heterocycles. The second-order valence-corrected chi connectivity index (χ2v) is 4.45. The highest BCUT2D eigenvalue weighted by molar-refractivity contribution is 6.04. The molecule has 0 aromatic heterocycles. The van der Waals surface area contributed by atoms with Crippen LogP contribution in [-0.4, -0.2) is 17.6 Å². The maximum atomic E-state index is 13.2. The number of halogens is 1. The molecule has 21 heavy (non-hydrogen) atoms. The molecule has 2 aromatic carbocycles. The Bertz CT molecular complexity index is 712. The van der Waals surface area contributed by atoms with E-state index in [1.165, 1.54) is 12.1 Å². The van der Waals surface area contributed by atoms with E-state index in [-0.39, 0.29) is 12.5 Å². The van der Waals surface area contributed by atoms with Gasteiger partial charge in [-0.2, -0.15) is 0 Å². The third kappa shape index (κ3) is 3.91. The van der Waals surface area contributed by atoms with Gasteiger partial charge in [0.25, 0.3) is 5.91 Å². The third-order valence-electron chi connectivity index (χ3n) is 2.91. The average Bonchev–Trinajstić information content (AvgIpc) is 2.49. The van der Waals surface area contributed by atoms with Crippen molar-refractivity contribution >= 4 is 11.6 Å². The number of hydrogen-bond donors (Lipinski definition) is 2. The molecule has 0 heterocycles. The molecule has 106 valence electrons. The summed E-state index contributed by atoms with van der Waals surface area (Å²) in [4.78, 5) is 12.1. The van der Waals surface area contributed by atoms with E-state index >= 15 is 0 Å². The summed E-state index contributed by atoms with van der Waals surface area (Å²) < 4.78 is 13.2. The third-order valence-corrected chi connectivity index (χ3v) is 2.91. The topological polar surface area (TPSA) is 49.3 Å². The van der Waals surface area contributed by atoms with E-state index in [2.05, 4.69) is 17.2 Å². The van der Waals surface area contributed by atoms with E-state index in [0.29, 0.717) is 16.8 Å². The second kappa shape index (κ2) is 6.69. The lowest BCUT2D eigenvalue weighted by molar-refractivity contribution is 0.102. The largest absolute Gasteiger partial charge is 0.384 e. The van der Waals surface area contributed by atoms with E-state index in [9.17, 15) is 9.18 Å². The SMILES string of the molecule is Cc1ccc(F)cc1NC(=O)c1ccc(C#CCO)cc1. The van der Waals surface area contributed by atoms with Crippen LogP contribution in [0.5, 0.6) is 0 Å². The fraction of sp³-hybridized carbons (Fsp3) is 0.118. The molecule has 0 bridgehead atoms. The Labute approximate surface area is 122 Å². The van der Waals surface area contributed by atoms with Crippen LogP contribution in [0.1, 0.15) is 21.5 Å². The van der Waals surface area contributed by atoms with Crippen LogP contribution in [0, 0.1) is 24.6 Å². The summed E-state index contributed by atoms with van der Waals surface area (Å²) in [5.74, 6) is 4.56. The van der Waals surface area contributed by atoms with Gasteiger partial charge in [0.05, 0.1) is 0 Å². The lowest BCUT2D eigenvalue weighted by Crippen LogP contribution is -2.12. The first-order valence-electron chi connectivity index (χ1n) is 6.37. The summed E-state index contributed by atoms with van der Waals surface area (Å²) in [5.41, 5.74) is 2.40. The molecule has 2 rings (SSSR count). The van der Waals surface area contributed by atoms with E-state index in [4.69, 9.17) is 5.11 Å². The molecular formula is C17H14FNO2. The number of nitrogens with one attached hydrogen (secondary N) is 1. The zero-order chi connectivity index (χ0) is 15.2. The second-order valence-electron chi connectivity index (χ2n) is 4.45. The van der Waals surface area contributed by atoms with Crippen molar-refractivity contribution < 1.29 is 14.3 Å². The van der Waals surface area contributed by atoms with Crippen LogP contribution in [0.25, 0.3) is 0 Å². The van der Waals surface area contributed by atoms with Gasteiger partial charge in [0.15, 0.2) is 0 Å². The Kier molecular flexibility index (Phi) is 4.70. The van der Waals surface area contributed by atoms with Crippen molar-refractivity contribution in [3.63, 3.8) is 0 Å². The summed E-state index contributed by atoms with van der Waals surface area (Å²) in [6, 6.07) is 10.9. The Morgan fingerprint density at radius 3 is 2.62 bits per heavy atom. The number of hydrogen-bond acceptors (Lipinski definition) is 2. The minimum absolute atomic E-state index is 0.207. The Morgan fingerprint density at radius 2 is 1.95 bits per heavy atom. The van der Waals surface area contributed by atoms with Gasteiger partial charge < -0.3 is 10.4 Å². The van der Waals surface area contributed by atoms with Crippen LogP contribution in [0.4, 0.5) is 10.1 Å². The maximum absolute atomic E-state index is 13.2. The van der Waals surface area contributed by atoms with Crippen molar-refractivity contribution in [2.45, 2.75) is 6.92 Å². The molecule has 2 aromatic rings. The van der Waals surface area contributed by atoms with Gasteiger partial charge in [-0.25, -0.2) is 4.39 Å². The van der Waals surface area contributed by atoms with Gasteiger partial charge in [-0.15, -0.1) is 0 Å². The van der Waals surface area contributed by atoms with E-state index in [1.54, 1.807) is 37.3 Å². The normalized spacial score (nSPS) is 9.67. The molecule has 0 aliphatic heterocycles. The number of anilines is 1. The van der Waals surface area contributed by atoms with Crippen LogP contribution in [0.3, 0.4) is 0 Å². The standard InChI is InChI=1S/C17H14FNO2/c1-12-4-9-15(18)11-16(12)19-17(21)14-7-5-13(6-8-14)3-2-10-20/h4-9,11,20H,10H2,1H3,(H,19,21). The Balaban J connectivity index is 2.15. The number of carbonyl (C=O) groups is 1. The average molecular weight is 283 g/mol. The van der Waals surface area contributed by atoms with Crippen molar-refractivity contribution in [3.05, 3.63) is 65.0 Å². The predicted octanol–water partition coefficient (Wildman–Crippen LogP) is 2.73. The molecule has 2 N–H and O–H groups in total. The van der Waals surface area contributed by atoms with Gasteiger partial charge in [0, 0.05) is 16.8 Å². The Morgan fingerprint density at radius 1 is 1.24 bits per heavy atom. The van der Waals surface area contributed by atoms with E-state index in [1.807, 2.05) is 0 Å². The van der Waals surface area contributed by atoms with Crippen molar-refractivity contribution in [1.29, 1.82) is 0 Å². The van der Waals surface area contributed by atoms with E-state index < -0.39 is 5.82 Å². The molecule has 0 radical (unpaired) electrons. The van der Waals surface area contributed by atoms with Gasteiger partial charge >= 0.3 is 0 Å². The van der Waals surface area contributed by atoms with Crippen LogP contribution < -0.4 is 5.32 Å². The summed E-state index contributed by atoms with van der Waals surface area (Å²) in [6.07, 6.45) is 0. The number of aliphatic hydroxyl groups excluding tert-OH is 1. The summed E-state index contributed by atoms with van der Waals surface area (Å²) in [5, 5.41) is 11.3.